The molecule has 1 heterocycles. The maximum Gasteiger partial charge on any atom is 0.0492 e. The third kappa shape index (κ3) is 1.20. The van der Waals surface area contributed by atoms with Crippen LogP contribution in [0, 0.1) is 6.92 Å². The maximum atomic E-state index is 4.20. The first-order valence-corrected chi connectivity index (χ1v) is 3.75. The van der Waals surface area contributed by atoms with E-state index in [0.29, 0.717) is 6.04 Å². The zero-order valence-electron chi connectivity index (χ0n) is 6.83. The molecule has 0 aliphatic heterocycles. The smallest absolute Gasteiger partial charge is 0.0492 e. The summed E-state index contributed by atoms with van der Waals surface area (Å²) < 4.78 is 2.06. The van der Waals surface area contributed by atoms with Gasteiger partial charge in [-0.25, -0.2) is 0 Å². The normalized spacial score (nSPS) is 13.5. The van der Waals surface area contributed by atoms with Gasteiger partial charge in [0.25, 0.3) is 0 Å². The fourth-order valence-corrected chi connectivity index (χ4v) is 1.01. The molecule has 0 aliphatic carbocycles. The minimum absolute atomic E-state index is 0.537. The van der Waals surface area contributed by atoms with Crippen LogP contribution in [0.15, 0.2) is 12.3 Å². The first-order valence-electron chi connectivity index (χ1n) is 3.75. The van der Waals surface area contributed by atoms with Gasteiger partial charge in [-0.2, -0.15) is 5.10 Å². The van der Waals surface area contributed by atoms with E-state index in [2.05, 4.69) is 30.6 Å². The highest BCUT2D eigenvalue weighted by Gasteiger charge is 2.02. The van der Waals surface area contributed by atoms with Crippen LogP contribution in [0.4, 0.5) is 0 Å². The number of aryl methyl sites for hydroxylation is 1. The van der Waals surface area contributed by atoms with Crippen LogP contribution in [-0.4, -0.2) is 9.78 Å². The molecule has 1 aromatic heterocycles. The maximum absolute atomic E-state index is 4.20. The molecule has 2 nitrogen and oxygen atoms in total. The van der Waals surface area contributed by atoms with Crippen LogP contribution < -0.4 is 0 Å². The van der Waals surface area contributed by atoms with E-state index in [1.165, 1.54) is 5.69 Å². The van der Waals surface area contributed by atoms with E-state index in [1.54, 1.807) is 0 Å². The van der Waals surface area contributed by atoms with Crippen molar-refractivity contribution in [2.75, 3.05) is 0 Å². The Balaban J connectivity index is 2.82. The summed E-state index contributed by atoms with van der Waals surface area (Å²) in [4.78, 5) is 0. The molecule has 0 spiro atoms. The summed E-state index contributed by atoms with van der Waals surface area (Å²) in [6.07, 6.45) is 2.99. The van der Waals surface area contributed by atoms with E-state index in [0.717, 1.165) is 6.42 Å². The van der Waals surface area contributed by atoms with Crippen molar-refractivity contribution in [1.82, 2.24) is 9.78 Å². The summed E-state index contributed by atoms with van der Waals surface area (Å²) in [5.74, 6) is 0. The van der Waals surface area contributed by atoms with Crippen molar-refractivity contribution in [3.05, 3.63) is 18.0 Å². The van der Waals surface area contributed by atoms with Gasteiger partial charge in [0.2, 0.25) is 0 Å². The Labute approximate surface area is 61.9 Å². The summed E-state index contributed by atoms with van der Waals surface area (Å²) in [7, 11) is 0. The topological polar surface area (TPSA) is 17.8 Å². The highest BCUT2D eigenvalue weighted by atomic mass is 15.3. The van der Waals surface area contributed by atoms with E-state index in [1.807, 2.05) is 12.3 Å². The molecule has 0 radical (unpaired) electrons. The Hall–Kier alpha value is -0.790. The summed E-state index contributed by atoms with van der Waals surface area (Å²) in [5, 5.41) is 4.20. The van der Waals surface area contributed by atoms with E-state index in [9.17, 15) is 0 Å². The Morgan fingerprint density at radius 1 is 1.70 bits per heavy atom. The molecule has 0 aliphatic rings. The lowest BCUT2D eigenvalue weighted by molar-refractivity contribution is 0.467. The molecule has 0 N–H and O–H groups in total. The monoisotopic (exact) mass is 138 g/mol. The lowest BCUT2D eigenvalue weighted by Crippen LogP contribution is -2.06. The van der Waals surface area contributed by atoms with Gasteiger partial charge in [-0.3, -0.25) is 4.68 Å². The lowest BCUT2D eigenvalue weighted by Gasteiger charge is -2.10. The minimum atomic E-state index is 0.537. The van der Waals surface area contributed by atoms with Gasteiger partial charge < -0.3 is 0 Å². The van der Waals surface area contributed by atoms with Crippen LogP contribution in [0.3, 0.4) is 0 Å². The largest absolute Gasteiger partial charge is 0.267 e. The van der Waals surface area contributed by atoms with Crippen molar-refractivity contribution in [2.45, 2.75) is 33.2 Å². The van der Waals surface area contributed by atoms with Gasteiger partial charge >= 0.3 is 0 Å². The third-order valence-corrected chi connectivity index (χ3v) is 1.88. The molecule has 10 heavy (non-hydrogen) atoms. The van der Waals surface area contributed by atoms with E-state index >= 15 is 0 Å². The van der Waals surface area contributed by atoms with Gasteiger partial charge in [-0.15, -0.1) is 0 Å². The van der Waals surface area contributed by atoms with Gasteiger partial charge in [0.05, 0.1) is 0 Å². The van der Waals surface area contributed by atoms with Gasteiger partial charge in [-0.1, -0.05) is 6.92 Å². The minimum Gasteiger partial charge on any atom is -0.267 e. The molecule has 0 bridgehead atoms. The Kier molecular flexibility index (Phi) is 2.10. The Bertz CT molecular complexity index is 203. The molecule has 0 aromatic carbocycles. The standard InChI is InChI=1S/C8H14N2/c1-4-7(2)10-8(3)5-6-9-10/h5-7H,4H2,1-3H3/t7-/m0/s1. The van der Waals surface area contributed by atoms with Gasteiger partial charge in [0.1, 0.15) is 0 Å². The predicted molar refractivity (Wildman–Crippen MR) is 42.0 cm³/mol. The van der Waals surface area contributed by atoms with Crippen molar-refractivity contribution in [2.24, 2.45) is 0 Å². The molecule has 0 saturated carbocycles. The Morgan fingerprint density at radius 2 is 2.40 bits per heavy atom. The molecule has 1 rings (SSSR count). The molecule has 56 valence electrons. The van der Waals surface area contributed by atoms with Crippen molar-refractivity contribution in [3.8, 4) is 0 Å². The molecule has 0 saturated heterocycles. The van der Waals surface area contributed by atoms with E-state index < -0.39 is 0 Å². The third-order valence-electron chi connectivity index (χ3n) is 1.88. The SMILES string of the molecule is CC[C@H](C)n1nccc1C. The molecule has 0 unspecified atom stereocenters. The van der Waals surface area contributed by atoms with Crippen molar-refractivity contribution in [3.63, 3.8) is 0 Å². The highest BCUT2D eigenvalue weighted by Crippen LogP contribution is 2.10. The van der Waals surface area contributed by atoms with Crippen molar-refractivity contribution >= 4 is 0 Å². The van der Waals surface area contributed by atoms with E-state index in [4.69, 9.17) is 0 Å². The van der Waals surface area contributed by atoms with Gasteiger partial charge in [-0.05, 0) is 26.3 Å². The molecule has 1 atom stereocenters. The second kappa shape index (κ2) is 2.86. The van der Waals surface area contributed by atoms with Crippen LogP contribution >= 0.6 is 0 Å². The molecule has 1 aromatic rings. The summed E-state index contributed by atoms with van der Waals surface area (Å²) in [5.41, 5.74) is 1.24. The average Bonchev–Trinajstić information content (AvgIpc) is 2.34. The van der Waals surface area contributed by atoms with Gasteiger partial charge in [0, 0.05) is 17.9 Å². The predicted octanol–water partition coefficient (Wildman–Crippen LogP) is 2.16. The molecule has 0 fully saturated rings. The molecule has 0 amide bonds. The van der Waals surface area contributed by atoms with E-state index in [-0.39, 0.29) is 0 Å². The fourth-order valence-electron chi connectivity index (χ4n) is 1.01. The summed E-state index contributed by atoms with van der Waals surface area (Å²) in [6, 6.07) is 2.57. The fraction of sp³-hybridized carbons (Fsp3) is 0.625. The average molecular weight is 138 g/mol. The quantitative estimate of drug-likeness (QED) is 0.612. The first kappa shape index (κ1) is 7.32. The molecular weight excluding hydrogens is 124 g/mol. The van der Waals surface area contributed by atoms with Crippen LogP contribution in [0.25, 0.3) is 0 Å². The van der Waals surface area contributed by atoms with Crippen LogP contribution in [0.1, 0.15) is 32.0 Å². The molecule has 2 heteroatoms. The number of hydrogen-bond acceptors (Lipinski definition) is 1. The van der Waals surface area contributed by atoms with Crippen molar-refractivity contribution < 1.29 is 0 Å². The second-order valence-electron chi connectivity index (χ2n) is 2.67. The molecular formula is C8H14N2. The summed E-state index contributed by atoms with van der Waals surface area (Å²) in [6.45, 7) is 6.44. The first-order chi connectivity index (χ1) is 4.75. The van der Waals surface area contributed by atoms with Crippen LogP contribution in [0.5, 0.6) is 0 Å². The number of nitrogens with zero attached hydrogens (tertiary/aromatic N) is 2. The van der Waals surface area contributed by atoms with Crippen LogP contribution in [0.2, 0.25) is 0 Å². The van der Waals surface area contributed by atoms with Crippen molar-refractivity contribution in [1.29, 1.82) is 0 Å². The summed E-state index contributed by atoms with van der Waals surface area (Å²) >= 11 is 0. The zero-order chi connectivity index (χ0) is 7.56. The second-order valence-corrected chi connectivity index (χ2v) is 2.67. The Morgan fingerprint density at radius 3 is 2.80 bits per heavy atom. The number of rotatable bonds is 2. The van der Waals surface area contributed by atoms with Gasteiger partial charge in [0.15, 0.2) is 0 Å². The highest BCUT2D eigenvalue weighted by molar-refractivity contribution is 4.97. The zero-order valence-corrected chi connectivity index (χ0v) is 6.83. The number of hydrogen-bond donors (Lipinski definition) is 0. The number of aromatic nitrogens is 2. The lowest BCUT2D eigenvalue weighted by atomic mass is 10.2. The van der Waals surface area contributed by atoms with Crippen LogP contribution in [-0.2, 0) is 0 Å².